The Hall–Kier alpha value is -1.84. The van der Waals surface area contributed by atoms with Crippen LogP contribution in [0.1, 0.15) is 43.2 Å². The smallest absolute Gasteiger partial charge is 0.224 e. The first-order valence-corrected chi connectivity index (χ1v) is 8.67. The lowest BCUT2D eigenvalue weighted by Gasteiger charge is -2.18. The van der Waals surface area contributed by atoms with Crippen LogP contribution in [0.4, 0.5) is 0 Å². The van der Waals surface area contributed by atoms with Gasteiger partial charge in [0.25, 0.3) is 0 Å². The minimum Gasteiger partial charge on any atom is -0.355 e. The van der Waals surface area contributed by atoms with E-state index in [1.54, 1.807) is 0 Å². The molecule has 2 amide bonds. The summed E-state index contributed by atoms with van der Waals surface area (Å²) in [5, 5.41) is 2.89. The molecule has 1 saturated carbocycles. The molecule has 4 heteroatoms. The number of benzene rings is 1. The van der Waals surface area contributed by atoms with Crippen molar-refractivity contribution in [2.24, 2.45) is 11.8 Å². The van der Waals surface area contributed by atoms with E-state index in [9.17, 15) is 9.59 Å². The Morgan fingerprint density at radius 3 is 2.74 bits per heavy atom. The third kappa shape index (κ3) is 3.74. The molecule has 3 unspecified atom stereocenters. The molecule has 1 heterocycles. The number of nitrogens with one attached hydrogen (secondary N) is 1. The normalized spacial score (nSPS) is 26.2. The molecule has 4 nitrogen and oxygen atoms in total. The van der Waals surface area contributed by atoms with E-state index in [2.05, 4.69) is 43.4 Å². The lowest BCUT2D eigenvalue weighted by Crippen LogP contribution is -2.33. The topological polar surface area (TPSA) is 49.4 Å². The average Bonchev–Trinajstić information content (AvgIpc) is 3.08. The average molecular weight is 314 g/mol. The lowest BCUT2D eigenvalue weighted by molar-refractivity contribution is -0.130. The van der Waals surface area contributed by atoms with Crippen LogP contribution >= 0.6 is 0 Å². The number of amides is 2. The summed E-state index contributed by atoms with van der Waals surface area (Å²) in [6.45, 7) is 6.31. The predicted molar refractivity (Wildman–Crippen MR) is 90.0 cm³/mol. The summed E-state index contributed by atoms with van der Waals surface area (Å²) in [4.78, 5) is 26.0. The van der Waals surface area contributed by atoms with Gasteiger partial charge >= 0.3 is 0 Å². The highest BCUT2D eigenvalue weighted by atomic mass is 16.2. The molecule has 1 aliphatic heterocycles. The predicted octanol–water partition coefficient (Wildman–Crippen LogP) is 2.47. The first-order valence-electron chi connectivity index (χ1n) is 8.67. The van der Waals surface area contributed by atoms with Crippen LogP contribution in [-0.2, 0) is 9.59 Å². The van der Waals surface area contributed by atoms with Crippen LogP contribution in [0, 0.1) is 18.8 Å². The lowest BCUT2D eigenvalue weighted by atomic mass is 9.94. The summed E-state index contributed by atoms with van der Waals surface area (Å²) in [7, 11) is 0. The van der Waals surface area contributed by atoms with Crippen LogP contribution in [-0.4, -0.2) is 36.3 Å². The molecule has 3 atom stereocenters. The van der Waals surface area contributed by atoms with Crippen molar-refractivity contribution in [2.45, 2.75) is 39.0 Å². The molecule has 0 bridgehead atoms. The minimum atomic E-state index is 0.115. The Balaban J connectivity index is 1.44. The first kappa shape index (κ1) is 16.0. The van der Waals surface area contributed by atoms with E-state index in [0.717, 1.165) is 25.9 Å². The molecule has 23 heavy (non-hydrogen) atoms. The van der Waals surface area contributed by atoms with E-state index in [1.165, 1.54) is 11.1 Å². The molecule has 1 aromatic carbocycles. The number of aryl methyl sites for hydroxylation is 1. The van der Waals surface area contributed by atoms with Crippen molar-refractivity contribution in [3.05, 3.63) is 35.4 Å². The van der Waals surface area contributed by atoms with Gasteiger partial charge < -0.3 is 10.2 Å². The maximum absolute atomic E-state index is 12.3. The van der Waals surface area contributed by atoms with Gasteiger partial charge in [-0.25, -0.2) is 0 Å². The molecular formula is C19H26N2O2. The third-order valence-corrected chi connectivity index (χ3v) is 5.25. The monoisotopic (exact) mass is 314 g/mol. The Kier molecular flexibility index (Phi) is 4.69. The number of nitrogens with zero attached hydrogens (tertiary/aromatic N) is 1. The van der Waals surface area contributed by atoms with Gasteiger partial charge in [0.1, 0.15) is 0 Å². The van der Waals surface area contributed by atoms with Gasteiger partial charge in [0.05, 0.1) is 0 Å². The molecule has 2 fully saturated rings. The van der Waals surface area contributed by atoms with E-state index >= 15 is 0 Å². The Labute approximate surface area is 138 Å². The standard InChI is InChI=1S/C19H26N2O2/c1-13-5-3-4-6-16(13)15-8-10-21(12-15)18(22)7-9-20-19(23)17-11-14(17)2/h3-6,14-15,17H,7-12H2,1-2H3,(H,20,23). The van der Waals surface area contributed by atoms with Crippen LogP contribution in [0.15, 0.2) is 24.3 Å². The number of likely N-dealkylation sites (tertiary alicyclic amines) is 1. The fourth-order valence-corrected chi connectivity index (χ4v) is 3.55. The van der Waals surface area contributed by atoms with Gasteiger partial charge in [0.15, 0.2) is 0 Å². The van der Waals surface area contributed by atoms with Crippen molar-refractivity contribution in [1.29, 1.82) is 0 Å². The molecule has 0 radical (unpaired) electrons. The fourth-order valence-electron chi connectivity index (χ4n) is 3.55. The number of carbonyl (C=O) groups is 2. The molecule has 124 valence electrons. The van der Waals surface area contributed by atoms with E-state index in [-0.39, 0.29) is 17.7 Å². The van der Waals surface area contributed by atoms with Crippen LogP contribution in [0.2, 0.25) is 0 Å². The van der Waals surface area contributed by atoms with Gasteiger partial charge in [-0.15, -0.1) is 0 Å². The molecule has 1 aromatic rings. The second kappa shape index (κ2) is 6.73. The van der Waals surface area contributed by atoms with E-state index < -0.39 is 0 Å². The van der Waals surface area contributed by atoms with Crippen molar-refractivity contribution in [2.75, 3.05) is 19.6 Å². The van der Waals surface area contributed by atoms with Gasteiger partial charge in [-0.05, 0) is 36.8 Å². The summed E-state index contributed by atoms with van der Waals surface area (Å²) in [6, 6.07) is 8.43. The molecule has 1 N–H and O–H groups in total. The Bertz CT molecular complexity index is 599. The highest BCUT2D eigenvalue weighted by Gasteiger charge is 2.38. The van der Waals surface area contributed by atoms with E-state index in [0.29, 0.717) is 24.8 Å². The molecule has 1 aliphatic carbocycles. The highest BCUT2D eigenvalue weighted by molar-refractivity contribution is 5.82. The van der Waals surface area contributed by atoms with E-state index in [4.69, 9.17) is 0 Å². The third-order valence-electron chi connectivity index (χ3n) is 5.25. The summed E-state index contributed by atoms with van der Waals surface area (Å²) in [5.41, 5.74) is 2.66. The highest BCUT2D eigenvalue weighted by Crippen LogP contribution is 2.37. The van der Waals surface area contributed by atoms with E-state index in [1.807, 2.05) is 4.90 Å². The van der Waals surface area contributed by atoms with Crippen molar-refractivity contribution in [3.8, 4) is 0 Å². The second-order valence-corrected chi connectivity index (χ2v) is 7.04. The molecule has 0 spiro atoms. The van der Waals surface area contributed by atoms with Crippen LogP contribution in [0.25, 0.3) is 0 Å². The number of hydrogen-bond acceptors (Lipinski definition) is 2. The van der Waals surface area contributed by atoms with Crippen LogP contribution in [0.3, 0.4) is 0 Å². The van der Waals surface area contributed by atoms with Crippen molar-refractivity contribution in [1.82, 2.24) is 10.2 Å². The largest absolute Gasteiger partial charge is 0.355 e. The maximum atomic E-state index is 12.3. The number of carbonyl (C=O) groups excluding carboxylic acids is 2. The zero-order chi connectivity index (χ0) is 16.4. The quantitative estimate of drug-likeness (QED) is 0.907. The van der Waals surface area contributed by atoms with Crippen molar-refractivity contribution in [3.63, 3.8) is 0 Å². The first-order chi connectivity index (χ1) is 11.1. The summed E-state index contributed by atoms with van der Waals surface area (Å²) in [6.07, 6.45) is 2.43. The number of rotatable bonds is 5. The minimum absolute atomic E-state index is 0.115. The van der Waals surface area contributed by atoms with Gasteiger partial charge in [0.2, 0.25) is 11.8 Å². The summed E-state index contributed by atoms with van der Waals surface area (Å²) < 4.78 is 0. The molecule has 1 saturated heterocycles. The van der Waals surface area contributed by atoms with Crippen LogP contribution < -0.4 is 5.32 Å². The molecular weight excluding hydrogens is 288 g/mol. The zero-order valence-electron chi connectivity index (χ0n) is 14.0. The SMILES string of the molecule is Cc1ccccc1C1CCN(C(=O)CCNC(=O)C2CC2C)C1. The summed E-state index contributed by atoms with van der Waals surface area (Å²) >= 11 is 0. The van der Waals surface area contributed by atoms with Crippen molar-refractivity contribution < 1.29 is 9.59 Å². The van der Waals surface area contributed by atoms with Gasteiger partial charge in [-0.1, -0.05) is 31.2 Å². The van der Waals surface area contributed by atoms with Gasteiger partial charge in [-0.3, -0.25) is 9.59 Å². The molecule has 2 aliphatic rings. The Morgan fingerprint density at radius 2 is 2.04 bits per heavy atom. The second-order valence-electron chi connectivity index (χ2n) is 7.04. The summed E-state index contributed by atoms with van der Waals surface area (Å²) in [5.74, 6) is 1.42. The van der Waals surface area contributed by atoms with Crippen molar-refractivity contribution >= 4 is 11.8 Å². The molecule has 0 aromatic heterocycles. The van der Waals surface area contributed by atoms with Crippen LogP contribution in [0.5, 0.6) is 0 Å². The fraction of sp³-hybridized carbons (Fsp3) is 0.579. The zero-order valence-corrected chi connectivity index (χ0v) is 14.0. The van der Waals surface area contributed by atoms with Gasteiger partial charge in [0, 0.05) is 37.9 Å². The maximum Gasteiger partial charge on any atom is 0.224 e. The number of hydrogen-bond donors (Lipinski definition) is 1. The van der Waals surface area contributed by atoms with Gasteiger partial charge in [-0.2, -0.15) is 0 Å². The Morgan fingerprint density at radius 1 is 1.30 bits per heavy atom. The molecule has 3 rings (SSSR count).